The first-order chi connectivity index (χ1) is 19.6. The molecule has 5 rings (SSSR count). The third-order valence-corrected chi connectivity index (χ3v) is 8.77. The van der Waals surface area contributed by atoms with Gasteiger partial charge in [-0.15, -0.1) is 10.2 Å². The Morgan fingerprint density at radius 2 is 1.66 bits per heavy atom. The van der Waals surface area contributed by atoms with E-state index in [-0.39, 0.29) is 30.5 Å². The van der Waals surface area contributed by atoms with Gasteiger partial charge in [-0.2, -0.15) is 4.31 Å². The largest absolute Gasteiger partial charge is 0.374 e. The van der Waals surface area contributed by atoms with E-state index in [1.807, 2.05) is 71.3 Å². The van der Waals surface area contributed by atoms with Gasteiger partial charge in [-0.05, 0) is 42.7 Å². The first-order valence-electron chi connectivity index (χ1n) is 13.4. The summed E-state index contributed by atoms with van der Waals surface area (Å²) in [6, 6.07) is 25.7. The molecule has 0 radical (unpaired) electrons. The van der Waals surface area contributed by atoms with E-state index in [4.69, 9.17) is 10.5 Å². The number of carbonyl (C=O) groups excluding carboxylic acids is 1. The lowest BCUT2D eigenvalue weighted by atomic mass is 10.1. The molecule has 10 nitrogen and oxygen atoms in total. The zero-order chi connectivity index (χ0) is 29.0. The van der Waals surface area contributed by atoms with Crippen molar-refractivity contribution >= 4 is 15.9 Å². The van der Waals surface area contributed by atoms with Crippen LogP contribution in [0, 0.1) is 0 Å². The van der Waals surface area contributed by atoms with Crippen LogP contribution in [0.5, 0.6) is 0 Å². The van der Waals surface area contributed by atoms with Crippen molar-refractivity contribution in [3.63, 3.8) is 0 Å². The van der Waals surface area contributed by atoms with Crippen LogP contribution >= 0.6 is 0 Å². The molecule has 0 saturated carbocycles. The molecule has 1 aliphatic rings. The molecule has 1 atom stereocenters. The van der Waals surface area contributed by atoms with Gasteiger partial charge in [0.25, 0.3) is 0 Å². The second kappa shape index (κ2) is 11.9. The minimum Gasteiger partial charge on any atom is -0.374 e. The molecule has 2 heterocycles. The summed E-state index contributed by atoms with van der Waals surface area (Å²) in [5.41, 5.74) is 7.69. The fourth-order valence-electron chi connectivity index (χ4n) is 4.63. The zero-order valence-electron chi connectivity index (χ0n) is 23.1. The first kappa shape index (κ1) is 28.6. The lowest BCUT2D eigenvalue weighted by Crippen LogP contribution is -2.51. The summed E-state index contributed by atoms with van der Waals surface area (Å²) in [4.78, 5) is 13.0. The number of rotatable bonds is 10. The molecule has 41 heavy (non-hydrogen) atoms. The van der Waals surface area contributed by atoms with Crippen LogP contribution in [0.15, 0.2) is 89.8 Å². The van der Waals surface area contributed by atoms with Crippen LogP contribution in [0.1, 0.15) is 37.1 Å². The number of nitrogens with two attached hydrogens (primary N) is 1. The minimum absolute atomic E-state index is 0.0544. The number of nitrogens with zero attached hydrogens (tertiary/aromatic N) is 4. The molecule has 0 aliphatic carbocycles. The quantitative estimate of drug-likeness (QED) is 0.297. The molecule has 11 heteroatoms. The number of hydrogen-bond donors (Lipinski definition) is 2. The number of carbonyl (C=O) groups is 1. The van der Waals surface area contributed by atoms with E-state index in [2.05, 4.69) is 15.5 Å². The molecule has 3 N–H and O–H groups in total. The van der Waals surface area contributed by atoms with Gasteiger partial charge in [0, 0.05) is 13.1 Å². The number of fused-ring (bicyclic) bond motifs is 1. The van der Waals surface area contributed by atoms with Crippen molar-refractivity contribution in [2.75, 3.05) is 13.2 Å². The van der Waals surface area contributed by atoms with Gasteiger partial charge in [-0.1, -0.05) is 72.8 Å². The maximum Gasteiger partial charge on any atom is 0.243 e. The molecule has 214 valence electrons. The lowest BCUT2D eigenvalue weighted by molar-refractivity contribution is -0.126. The van der Waals surface area contributed by atoms with Gasteiger partial charge >= 0.3 is 0 Å². The van der Waals surface area contributed by atoms with Gasteiger partial charge in [0.1, 0.15) is 11.9 Å². The van der Waals surface area contributed by atoms with E-state index in [0.717, 1.165) is 16.7 Å². The fraction of sp³-hybridized carbons (Fsp3) is 0.300. The van der Waals surface area contributed by atoms with Crippen molar-refractivity contribution in [2.24, 2.45) is 5.73 Å². The van der Waals surface area contributed by atoms with E-state index < -0.39 is 21.6 Å². The van der Waals surface area contributed by atoms with Crippen LogP contribution < -0.4 is 11.1 Å². The van der Waals surface area contributed by atoms with Gasteiger partial charge in [-0.25, -0.2) is 8.42 Å². The average Bonchev–Trinajstić information content (AvgIpc) is 3.40. The maximum absolute atomic E-state index is 13.6. The summed E-state index contributed by atoms with van der Waals surface area (Å²) < 4.78 is 36.5. The molecular weight excluding hydrogens is 540 g/mol. The number of nitrogens with one attached hydrogen (secondary N) is 1. The van der Waals surface area contributed by atoms with Crippen LogP contribution in [0.2, 0.25) is 0 Å². The van der Waals surface area contributed by atoms with Crippen molar-refractivity contribution in [1.29, 1.82) is 0 Å². The molecular formula is C30H34N6O4S. The molecule has 1 aliphatic heterocycles. The van der Waals surface area contributed by atoms with Crippen LogP contribution in [-0.2, 0) is 39.3 Å². The molecule has 3 aromatic carbocycles. The number of benzene rings is 3. The SMILES string of the molecule is CC(C)(N)C(=O)N[C@H](COCc1ccccc1)c1nnc2n1CCN(S(=O)(=O)c1cccc(-c3ccccc3)c1)C2. The standard InChI is InChI=1S/C30H34N6O4S/c1-30(2,31)29(37)32-26(21-40-20-22-10-5-3-6-11-22)28-34-33-27-19-35(16-17-36(27)28)41(38,39)25-15-9-14-24(18-25)23-12-7-4-8-13-23/h3-15,18,26H,16-17,19-21,31H2,1-2H3,(H,32,37)/t26-/m1/s1. The zero-order valence-corrected chi connectivity index (χ0v) is 23.9. The van der Waals surface area contributed by atoms with Gasteiger partial charge in [0.15, 0.2) is 5.82 Å². The Balaban J connectivity index is 1.35. The number of sulfonamides is 1. The smallest absolute Gasteiger partial charge is 0.243 e. The highest BCUT2D eigenvalue weighted by atomic mass is 32.2. The monoisotopic (exact) mass is 574 g/mol. The second-order valence-corrected chi connectivity index (χ2v) is 12.5. The molecule has 0 fully saturated rings. The van der Waals surface area contributed by atoms with Crippen LogP contribution in [0.25, 0.3) is 11.1 Å². The van der Waals surface area contributed by atoms with Gasteiger partial charge in [-0.3, -0.25) is 4.79 Å². The Morgan fingerprint density at radius 3 is 2.37 bits per heavy atom. The van der Waals surface area contributed by atoms with E-state index in [1.54, 1.807) is 32.0 Å². The summed E-state index contributed by atoms with van der Waals surface area (Å²) in [5.74, 6) is 0.624. The number of amides is 1. The predicted molar refractivity (Wildman–Crippen MR) is 155 cm³/mol. The van der Waals surface area contributed by atoms with E-state index >= 15 is 0 Å². The predicted octanol–water partition coefficient (Wildman–Crippen LogP) is 3.26. The Hall–Kier alpha value is -3.90. The van der Waals surface area contributed by atoms with Crippen molar-refractivity contribution in [1.82, 2.24) is 24.4 Å². The highest BCUT2D eigenvalue weighted by Crippen LogP contribution is 2.27. The highest BCUT2D eigenvalue weighted by Gasteiger charge is 2.34. The van der Waals surface area contributed by atoms with Crippen LogP contribution in [0.4, 0.5) is 0 Å². The Kier molecular flexibility index (Phi) is 8.32. The van der Waals surface area contributed by atoms with Crippen molar-refractivity contribution in [3.05, 3.63) is 102 Å². The topological polar surface area (TPSA) is 132 Å². The van der Waals surface area contributed by atoms with Gasteiger partial charge in [0.05, 0.1) is 30.2 Å². The van der Waals surface area contributed by atoms with Crippen LogP contribution in [-0.4, -0.2) is 52.1 Å². The summed E-state index contributed by atoms with van der Waals surface area (Å²) in [5, 5.41) is 11.6. The number of hydrogen-bond acceptors (Lipinski definition) is 7. The van der Waals surface area contributed by atoms with E-state index in [0.29, 0.717) is 24.8 Å². The fourth-order valence-corrected chi connectivity index (χ4v) is 6.06. The van der Waals surface area contributed by atoms with Crippen molar-refractivity contribution < 1.29 is 17.9 Å². The Bertz CT molecular complexity index is 1600. The summed E-state index contributed by atoms with van der Waals surface area (Å²) in [7, 11) is -3.79. The van der Waals surface area contributed by atoms with Crippen molar-refractivity contribution in [2.45, 2.75) is 50.0 Å². The van der Waals surface area contributed by atoms with Gasteiger partial charge in [0.2, 0.25) is 15.9 Å². The molecule has 1 amide bonds. The minimum atomic E-state index is -3.79. The normalized spacial score (nSPS) is 14.8. The molecule has 0 unspecified atom stereocenters. The molecule has 0 spiro atoms. The summed E-state index contributed by atoms with van der Waals surface area (Å²) >= 11 is 0. The third-order valence-electron chi connectivity index (χ3n) is 6.92. The molecule has 0 saturated heterocycles. The molecule has 1 aromatic heterocycles. The Labute approximate surface area is 240 Å². The second-order valence-electron chi connectivity index (χ2n) is 10.6. The lowest BCUT2D eigenvalue weighted by Gasteiger charge is -2.29. The third kappa shape index (κ3) is 6.54. The van der Waals surface area contributed by atoms with E-state index in [1.165, 1.54) is 4.31 Å². The van der Waals surface area contributed by atoms with E-state index in [9.17, 15) is 13.2 Å². The number of aromatic nitrogens is 3. The Morgan fingerprint density at radius 1 is 0.976 bits per heavy atom. The first-order valence-corrected chi connectivity index (χ1v) is 14.9. The molecule has 0 bridgehead atoms. The average molecular weight is 575 g/mol. The van der Waals surface area contributed by atoms with Crippen molar-refractivity contribution in [3.8, 4) is 11.1 Å². The highest BCUT2D eigenvalue weighted by molar-refractivity contribution is 7.89. The maximum atomic E-state index is 13.6. The molecule has 4 aromatic rings. The van der Waals surface area contributed by atoms with Crippen LogP contribution in [0.3, 0.4) is 0 Å². The van der Waals surface area contributed by atoms with Gasteiger partial charge < -0.3 is 20.4 Å². The number of ether oxygens (including phenoxy) is 1. The summed E-state index contributed by atoms with van der Waals surface area (Å²) in [6.45, 7) is 4.35. The summed E-state index contributed by atoms with van der Waals surface area (Å²) in [6.07, 6.45) is 0.